The lowest BCUT2D eigenvalue weighted by Gasteiger charge is -2.40. The number of aromatic nitrogens is 3. The van der Waals surface area contributed by atoms with Crippen molar-refractivity contribution >= 4 is 11.9 Å². The Morgan fingerprint density at radius 1 is 1.36 bits per heavy atom. The third-order valence-electron chi connectivity index (χ3n) is 4.77. The summed E-state index contributed by atoms with van der Waals surface area (Å²) in [5.74, 6) is 0.489. The maximum Gasteiger partial charge on any atom is 0.291 e. The van der Waals surface area contributed by atoms with E-state index in [1.54, 1.807) is 0 Å². The fourth-order valence-corrected chi connectivity index (χ4v) is 3.73. The van der Waals surface area contributed by atoms with E-state index in [1.165, 1.54) is 12.6 Å². The molecule has 7 heteroatoms. The topological polar surface area (TPSA) is 98.1 Å². The molecular formula is C15H17N5O2. The second-order valence-electron chi connectivity index (χ2n) is 6.08. The van der Waals surface area contributed by atoms with Crippen LogP contribution >= 0.6 is 0 Å². The van der Waals surface area contributed by atoms with Crippen molar-refractivity contribution in [3.8, 4) is 0 Å². The number of oxazole rings is 1. The van der Waals surface area contributed by atoms with Gasteiger partial charge in [-0.05, 0) is 31.2 Å². The molecule has 1 amide bonds. The summed E-state index contributed by atoms with van der Waals surface area (Å²) in [6.45, 7) is 1.38. The zero-order valence-electron chi connectivity index (χ0n) is 12.2. The normalized spacial score (nSPS) is 23.7. The van der Waals surface area contributed by atoms with Crippen molar-refractivity contribution in [1.29, 1.82) is 0 Å². The number of aryl methyl sites for hydroxylation is 1. The summed E-state index contributed by atoms with van der Waals surface area (Å²) in [5, 5.41) is 0. The van der Waals surface area contributed by atoms with E-state index in [4.69, 9.17) is 10.2 Å². The molecule has 1 aliphatic carbocycles. The zero-order chi connectivity index (χ0) is 15.2. The van der Waals surface area contributed by atoms with Gasteiger partial charge in [0.2, 0.25) is 11.7 Å². The van der Waals surface area contributed by atoms with Crippen LogP contribution in [0.4, 0.5) is 5.95 Å². The van der Waals surface area contributed by atoms with E-state index in [-0.39, 0.29) is 17.1 Å². The van der Waals surface area contributed by atoms with Gasteiger partial charge in [0.05, 0.1) is 11.9 Å². The van der Waals surface area contributed by atoms with Gasteiger partial charge in [-0.2, -0.15) is 0 Å². The number of nitrogens with zero attached hydrogens (tertiary/aromatic N) is 4. The fourth-order valence-electron chi connectivity index (χ4n) is 3.73. The molecule has 2 aromatic heterocycles. The van der Waals surface area contributed by atoms with Gasteiger partial charge >= 0.3 is 0 Å². The Kier molecular flexibility index (Phi) is 2.88. The minimum atomic E-state index is -0.105. The molecule has 1 saturated heterocycles. The average molecular weight is 299 g/mol. The van der Waals surface area contributed by atoms with Gasteiger partial charge in [-0.15, -0.1) is 0 Å². The van der Waals surface area contributed by atoms with Gasteiger partial charge in [-0.1, -0.05) is 0 Å². The highest BCUT2D eigenvalue weighted by Crippen LogP contribution is 2.44. The first-order valence-corrected chi connectivity index (χ1v) is 7.48. The van der Waals surface area contributed by atoms with Crippen LogP contribution in [0, 0.1) is 0 Å². The summed E-state index contributed by atoms with van der Waals surface area (Å²) < 4.78 is 5.14. The predicted molar refractivity (Wildman–Crippen MR) is 78.1 cm³/mol. The van der Waals surface area contributed by atoms with E-state index in [0.717, 1.165) is 43.5 Å². The molecule has 0 bridgehead atoms. The van der Waals surface area contributed by atoms with E-state index in [9.17, 15) is 4.79 Å². The van der Waals surface area contributed by atoms with Crippen molar-refractivity contribution in [3.63, 3.8) is 0 Å². The van der Waals surface area contributed by atoms with Crippen LogP contribution in [0.1, 0.15) is 41.1 Å². The predicted octanol–water partition coefficient (Wildman–Crippen LogP) is 1.17. The van der Waals surface area contributed by atoms with E-state index in [1.807, 2.05) is 11.1 Å². The Balaban J connectivity index is 1.65. The number of carbonyl (C=O) groups is 1. The van der Waals surface area contributed by atoms with Gasteiger partial charge in [0.25, 0.3) is 5.91 Å². The van der Waals surface area contributed by atoms with E-state index < -0.39 is 0 Å². The maximum atomic E-state index is 12.5. The SMILES string of the molecule is Nc1ncc2c(n1)C1(CCCN(C(=O)c3cnco3)C1)CC2. The van der Waals surface area contributed by atoms with Crippen LogP contribution in [0.5, 0.6) is 0 Å². The van der Waals surface area contributed by atoms with Crippen LogP contribution < -0.4 is 5.73 Å². The number of likely N-dealkylation sites (tertiary alicyclic amines) is 1. The number of rotatable bonds is 1. The molecule has 2 aromatic rings. The maximum absolute atomic E-state index is 12.5. The number of carbonyl (C=O) groups excluding carboxylic acids is 1. The molecule has 1 aliphatic heterocycles. The number of hydrogen-bond acceptors (Lipinski definition) is 6. The van der Waals surface area contributed by atoms with Crippen LogP contribution in [-0.4, -0.2) is 38.8 Å². The lowest BCUT2D eigenvalue weighted by molar-refractivity contribution is 0.0602. The number of hydrogen-bond donors (Lipinski definition) is 1. The Bertz CT molecular complexity index is 711. The van der Waals surface area contributed by atoms with Gasteiger partial charge in [0, 0.05) is 24.7 Å². The van der Waals surface area contributed by atoms with E-state index in [2.05, 4.69) is 15.0 Å². The first-order valence-electron chi connectivity index (χ1n) is 7.48. The first-order chi connectivity index (χ1) is 10.7. The number of nitrogens with two attached hydrogens (primary N) is 1. The molecule has 1 unspecified atom stereocenters. The molecule has 1 fully saturated rings. The standard InChI is InChI=1S/C15H17N5O2/c16-14-18-6-10-2-4-15(12(10)19-14)3-1-5-20(8-15)13(21)11-7-17-9-22-11/h6-7,9H,1-5,8H2,(H2,16,18,19). The largest absolute Gasteiger partial charge is 0.438 e. The third kappa shape index (κ3) is 1.96. The molecule has 114 valence electrons. The van der Waals surface area contributed by atoms with Crippen LogP contribution in [0.15, 0.2) is 23.2 Å². The quantitative estimate of drug-likeness (QED) is 0.848. The monoisotopic (exact) mass is 299 g/mol. The van der Waals surface area contributed by atoms with Gasteiger partial charge in [-0.3, -0.25) is 4.79 Å². The van der Waals surface area contributed by atoms with Crippen molar-refractivity contribution in [2.24, 2.45) is 0 Å². The molecule has 0 aromatic carbocycles. The van der Waals surface area contributed by atoms with Gasteiger partial charge < -0.3 is 15.1 Å². The molecule has 3 heterocycles. The molecule has 22 heavy (non-hydrogen) atoms. The second kappa shape index (κ2) is 4.79. The van der Waals surface area contributed by atoms with E-state index in [0.29, 0.717) is 12.5 Å². The number of amides is 1. The van der Waals surface area contributed by atoms with Crippen LogP contribution in [-0.2, 0) is 11.8 Å². The van der Waals surface area contributed by atoms with Crippen molar-refractivity contribution in [2.45, 2.75) is 31.1 Å². The third-order valence-corrected chi connectivity index (χ3v) is 4.77. The molecule has 1 spiro atoms. The molecule has 2 aliphatic rings. The summed E-state index contributed by atoms with van der Waals surface area (Å²) in [4.78, 5) is 26.7. The Hall–Kier alpha value is -2.44. The smallest absolute Gasteiger partial charge is 0.291 e. The Morgan fingerprint density at radius 2 is 2.27 bits per heavy atom. The highest BCUT2D eigenvalue weighted by molar-refractivity contribution is 5.91. The molecule has 0 radical (unpaired) electrons. The van der Waals surface area contributed by atoms with Gasteiger partial charge in [-0.25, -0.2) is 15.0 Å². The highest BCUT2D eigenvalue weighted by atomic mass is 16.3. The Morgan fingerprint density at radius 3 is 3.09 bits per heavy atom. The summed E-state index contributed by atoms with van der Waals surface area (Å²) in [7, 11) is 0. The summed E-state index contributed by atoms with van der Waals surface area (Å²) in [5.41, 5.74) is 7.85. The van der Waals surface area contributed by atoms with E-state index >= 15 is 0 Å². The van der Waals surface area contributed by atoms with Gasteiger partial charge in [0.1, 0.15) is 0 Å². The molecule has 1 atom stereocenters. The van der Waals surface area contributed by atoms with Crippen molar-refractivity contribution < 1.29 is 9.21 Å². The van der Waals surface area contributed by atoms with Crippen LogP contribution in [0.2, 0.25) is 0 Å². The minimum Gasteiger partial charge on any atom is -0.438 e. The zero-order valence-corrected chi connectivity index (χ0v) is 12.2. The minimum absolute atomic E-state index is 0.0969. The number of fused-ring (bicyclic) bond motifs is 2. The average Bonchev–Trinajstić information content (AvgIpc) is 3.17. The van der Waals surface area contributed by atoms with Gasteiger partial charge in [0.15, 0.2) is 6.39 Å². The number of anilines is 1. The molecule has 7 nitrogen and oxygen atoms in total. The van der Waals surface area contributed by atoms with Crippen molar-refractivity contribution in [1.82, 2.24) is 19.9 Å². The highest BCUT2D eigenvalue weighted by Gasteiger charge is 2.45. The molecular weight excluding hydrogens is 282 g/mol. The number of piperidine rings is 1. The van der Waals surface area contributed by atoms with Crippen LogP contribution in [0.3, 0.4) is 0 Å². The molecule has 4 rings (SSSR count). The summed E-state index contributed by atoms with van der Waals surface area (Å²) in [6, 6.07) is 0. The number of nitrogen functional groups attached to an aromatic ring is 1. The van der Waals surface area contributed by atoms with Crippen LogP contribution in [0.25, 0.3) is 0 Å². The molecule has 2 N–H and O–H groups in total. The lowest BCUT2D eigenvalue weighted by Crippen LogP contribution is -2.47. The first kappa shape index (κ1) is 13.2. The van der Waals surface area contributed by atoms with Crippen molar-refractivity contribution in [2.75, 3.05) is 18.8 Å². The fraction of sp³-hybridized carbons (Fsp3) is 0.467. The molecule has 0 saturated carbocycles. The lowest BCUT2D eigenvalue weighted by atomic mass is 9.77. The second-order valence-corrected chi connectivity index (χ2v) is 6.08. The summed E-state index contributed by atoms with van der Waals surface area (Å²) in [6.07, 6.45) is 8.47. The van der Waals surface area contributed by atoms with Crippen molar-refractivity contribution in [3.05, 3.63) is 35.8 Å². The Labute approximate surface area is 127 Å². The summed E-state index contributed by atoms with van der Waals surface area (Å²) >= 11 is 0.